The minimum Gasteiger partial charge on any atom is -0.460 e. The lowest BCUT2D eigenvalue weighted by Crippen LogP contribution is -2.10. The number of fused-ring (bicyclic) bond motifs is 3. The van der Waals surface area contributed by atoms with Crippen LogP contribution in [0.15, 0.2) is 26.5 Å². The van der Waals surface area contributed by atoms with Gasteiger partial charge in [-0.25, -0.2) is 9.78 Å². The number of aromatic amines is 1. The van der Waals surface area contributed by atoms with E-state index in [0.29, 0.717) is 23.3 Å². The third kappa shape index (κ3) is 3.31. The van der Waals surface area contributed by atoms with Gasteiger partial charge in [0.05, 0.1) is 17.7 Å². The summed E-state index contributed by atoms with van der Waals surface area (Å²) in [6.07, 6.45) is 4.33. The zero-order chi connectivity index (χ0) is 18.1. The molecule has 3 aromatic rings. The average Bonchev–Trinajstić information content (AvgIpc) is 3.24. The third-order valence-corrected chi connectivity index (χ3v) is 6.37. The third-order valence-electron chi connectivity index (χ3n) is 4.29. The van der Waals surface area contributed by atoms with Crippen LogP contribution in [0, 0.1) is 0 Å². The molecule has 0 saturated carbocycles. The molecule has 1 aliphatic rings. The first kappa shape index (κ1) is 17.4. The number of aryl methyl sites for hydroxylation is 2. The predicted molar refractivity (Wildman–Crippen MR) is 101 cm³/mol. The van der Waals surface area contributed by atoms with Crippen LogP contribution in [0.2, 0.25) is 0 Å². The van der Waals surface area contributed by atoms with Crippen molar-refractivity contribution in [2.75, 3.05) is 6.61 Å². The van der Waals surface area contributed by atoms with Crippen LogP contribution in [-0.4, -0.2) is 22.5 Å². The van der Waals surface area contributed by atoms with Crippen LogP contribution in [0.1, 0.15) is 46.5 Å². The SMILES string of the molecule is CCOC(=O)c1ccc(CSc2nc3sc4c(c3c(=O)[nH]2)CCCC4)o1. The van der Waals surface area contributed by atoms with E-state index < -0.39 is 5.97 Å². The van der Waals surface area contributed by atoms with Gasteiger partial charge < -0.3 is 14.1 Å². The molecule has 3 aromatic heterocycles. The van der Waals surface area contributed by atoms with Crippen molar-refractivity contribution in [3.8, 4) is 0 Å². The first-order valence-corrected chi connectivity index (χ1v) is 10.4. The van der Waals surface area contributed by atoms with Crippen molar-refractivity contribution in [1.29, 1.82) is 0 Å². The number of nitrogens with one attached hydrogen (secondary N) is 1. The van der Waals surface area contributed by atoms with Crippen LogP contribution >= 0.6 is 23.1 Å². The largest absolute Gasteiger partial charge is 0.460 e. The van der Waals surface area contributed by atoms with Gasteiger partial charge in [-0.3, -0.25) is 4.79 Å². The summed E-state index contributed by atoms with van der Waals surface area (Å²) in [5.74, 6) is 0.816. The summed E-state index contributed by atoms with van der Waals surface area (Å²) in [5, 5.41) is 1.33. The van der Waals surface area contributed by atoms with Gasteiger partial charge in [-0.1, -0.05) is 11.8 Å². The Morgan fingerprint density at radius 3 is 3.08 bits per heavy atom. The molecule has 136 valence electrons. The molecule has 0 radical (unpaired) electrons. The fourth-order valence-electron chi connectivity index (χ4n) is 3.12. The number of carbonyl (C=O) groups is 1. The van der Waals surface area contributed by atoms with Crippen LogP contribution in [0.25, 0.3) is 10.2 Å². The molecule has 1 N–H and O–H groups in total. The van der Waals surface area contributed by atoms with Crippen molar-refractivity contribution in [2.45, 2.75) is 43.5 Å². The van der Waals surface area contributed by atoms with E-state index in [4.69, 9.17) is 9.15 Å². The number of nitrogens with zero attached hydrogens (tertiary/aromatic N) is 1. The maximum absolute atomic E-state index is 12.5. The summed E-state index contributed by atoms with van der Waals surface area (Å²) in [6.45, 7) is 2.05. The summed E-state index contributed by atoms with van der Waals surface area (Å²) in [4.78, 5) is 33.8. The minimum atomic E-state index is -0.471. The van der Waals surface area contributed by atoms with Gasteiger partial charge in [0, 0.05) is 4.88 Å². The van der Waals surface area contributed by atoms with Crippen molar-refractivity contribution in [3.05, 3.63) is 44.4 Å². The number of ether oxygens (including phenoxy) is 1. The number of hydrogen-bond acceptors (Lipinski definition) is 7. The number of thioether (sulfide) groups is 1. The molecule has 0 saturated heterocycles. The molecule has 0 spiro atoms. The van der Waals surface area contributed by atoms with Crippen LogP contribution < -0.4 is 5.56 Å². The lowest BCUT2D eigenvalue weighted by molar-refractivity contribution is 0.0488. The second kappa shape index (κ2) is 7.28. The summed E-state index contributed by atoms with van der Waals surface area (Å²) in [5.41, 5.74) is 1.12. The standard InChI is InChI=1S/C18H18N2O4S2/c1-2-23-17(22)12-8-7-10(24-12)9-25-18-19-15(21)14-11-5-3-4-6-13(11)26-16(14)20-18/h7-8H,2-6,9H2,1H3,(H,19,20,21). The van der Waals surface area contributed by atoms with Gasteiger partial charge in [-0.2, -0.15) is 0 Å². The van der Waals surface area contributed by atoms with E-state index in [1.165, 1.54) is 28.6 Å². The van der Waals surface area contributed by atoms with E-state index in [1.807, 2.05) is 0 Å². The Hall–Kier alpha value is -2.06. The Bertz CT molecular complexity index is 1020. The van der Waals surface area contributed by atoms with E-state index in [9.17, 15) is 9.59 Å². The molecular weight excluding hydrogens is 372 g/mol. The van der Waals surface area contributed by atoms with Gasteiger partial charge in [0.1, 0.15) is 10.6 Å². The Balaban J connectivity index is 1.53. The molecule has 0 aliphatic heterocycles. The zero-order valence-corrected chi connectivity index (χ0v) is 15.9. The molecule has 3 heterocycles. The fourth-order valence-corrected chi connectivity index (χ4v) is 5.19. The Kier molecular flexibility index (Phi) is 4.86. The van der Waals surface area contributed by atoms with Gasteiger partial charge >= 0.3 is 5.97 Å². The van der Waals surface area contributed by atoms with Crippen molar-refractivity contribution >= 4 is 39.3 Å². The molecule has 0 aromatic carbocycles. The highest BCUT2D eigenvalue weighted by atomic mass is 32.2. The van der Waals surface area contributed by atoms with Crippen LogP contribution in [0.4, 0.5) is 0 Å². The highest BCUT2D eigenvalue weighted by Gasteiger charge is 2.20. The predicted octanol–water partition coefficient (Wildman–Crippen LogP) is 3.93. The highest BCUT2D eigenvalue weighted by molar-refractivity contribution is 7.98. The Labute approximate surface area is 158 Å². The van der Waals surface area contributed by atoms with Gasteiger partial charge in [0.25, 0.3) is 5.56 Å². The van der Waals surface area contributed by atoms with Gasteiger partial charge in [0.2, 0.25) is 5.76 Å². The van der Waals surface area contributed by atoms with E-state index in [2.05, 4.69) is 9.97 Å². The minimum absolute atomic E-state index is 0.0662. The van der Waals surface area contributed by atoms with Crippen LogP contribution in [-0.2, 0) is 23.3 Å². The second-order valence-electron chi connectivity index (χ2n) is 6.04. The number of aromatic nitrogens is 2. The van der Waals surface area contributed by atoms with E-state index in [-0.39, 0.29) is 11.3 Å². The number of esters is 1. The molecule has 0 amide bonds. The normalized spacial score (nSPS) is 13.7. The average molecular weight is 390 g/mol. The van der Waals surface area contributed by atoms with Crippen LogP contribution in [0.5, 0.6) is 0 Å². The molecule has 0 unspecified atom stereocenters. The van der Waals surface area contributed by atoms with E-state index in [0.717, 1.165) is 29.5 Å². The number of thiophene rings is 1. The molecule has 26 heavy (non-hydrogen) atoms. The fraction of sp³-hybridized carbons (Fsp3) is 0.389. The lowest BCUT2D eigenvalue weighted by atomic mass is 9.97. The summed E-state index contributed by atoms with van der Waals surface area (Å²) in [6, 6.07) is 3.33. The lowest BCUT2D eigenvalue weighted by Gasteiger charge is -2.09. The molecular formula is C18H18N2O4S2. The number of rotatable bonds is 5. The smallest absolute Gasteiger partial charge is 0.374 e. The van der Waals surface area contributed by atoms with Gasteiger partial charge in [-0.15, -0.1) is 11.3 Å². The number of furan rings is 1. The van der Waals surface area contributed by atoms with Crippen molar-refractivity contribution < 1.29 is 13.9 Å². The Morgan fingerprint density at radius 2 is 2.23 bits per heavy atom. The summed E-state index contributed by atoms with van der Waals surface area (Å²) >= 11 is 3.02. The van der Waals surface area contributed by atoms with Gasteiger partial charge in [-0.05, 0) is 50.3 Å². The molecule has 6 nitrogen and oxygen atoms in total. The first-order valence-electron chi connectivity index (χ1n) is 8.59. The topological polar surface area (TPSA) is 85.2 Å². The molecule has 8 heteroatoms. The Morgan fingerprint density at radius 1 is 1.38 bits per heavy atom. The van der Waals surface area contributed by atoms with Gasteiger partial charge in [0.15, 0.2) is 5.16 Å². The highest BCUT2D eigenvalue weighted by Crippen LogP contribution is 2.34. The molecule has 0 bridgehead atoms. The quantitative estimate of drug-likeness (QED) is 0.404. The summed E-state index contributed by atoms with van der Waals surface area (Å²) < 4.78 is 10.4. The molecule has 1 aliphatic carbocycles. The van der Waals surface area contributed by atoms with Crippen molar-refractivity contribution in [3.63, 3.8) is 0 Å². The maximum Gasteiger partial charge on any atom is 0.374 e. The van der Waals surface area contributed by atoms with E-state index >= 15 is 0 Å². The number of H-pyrrole nitrogens is 1. The maximum atomic E-state index is 12.5. The van der Waals surface area contributed by atoms with E-state index in [1.54, 1.807) is 30.4 Å². The first-order chi connectivity index (χ1) is 12.7. The molecule has 0 atom stereocenters. The molecule has 4 rings (SSSR count). The second-order valence-corrected chi connectivity index (χ2v) is 8.08. The monoisotopic (exact) mass is 390 g/mol. The number of hydrogen-bond donors (Lipinski definition) is 1. The molecule has 0 fully saturated rings. The number of carbonyl (C=O) groups excluding carboxylic acids is 1. The van der Waals surface area contributed by atoms with Crippen molar-refractivity contribution in [2.24, 2.45) is 0 Å². The zero-order valence-electron chi connectivity index (χ0n) is 14.3. The summed E-state index contributed by atoms with van der Waals surface area (Å²) in [7, 11) is 0. The van der Waals surface area contributed by atoms with Crippen molar-refractivity contribution in [1.82, 2.24) is 9.97 Å². The van der Waals surface area contributed by atoms with Crippen LogP contribution in [0.3, 0.4) is 0 Å².